The van der Waals surface area contributed by atoms with Crippen molar-refractivity contribution in [3.63, 3.8) is 0 Å². The summed E-state index contributed by atoms with van der Waals surface area (Å²) in [5.41, 5.74) is 4.99. The van der Waals surface area contributed by atoms with E-state index < -0.39 is 0 Å². The number of hydrogen-bond donors (Lipinski definition) is 2. The van der Waals surface area contributed by atoms with Gasteiger partial charge in [-0.3, -0.25) is 0 Å². The smallest absolute Gasteiger partial charge is 0.177 e. The Kier molecular flexibility index (Phi) is 4.89. The van der Waals surface area contributed by atoms with E-state index >= 15 is 0 Å². The van der Waals surface area contributed by atoms with Crippen LogP contribution in [0.25, 0.3) is 22.2 Å². The number of aromatic nitrogens is 1. The van der Waals surface area contributed by atoms with Crippen molar-refractivity contribution in [3.8, 4) is 40.8 Å². The summed E-state index contributed by atoms with van der Waals surface area (Å²) in [6, 6.07) is 8.90. The number of oxime groups is 1. The van der Waals surface area contributed by atoms with Crippen molar-refractivity contribution in [1.82, 2.24) is 4.98 Å². The fourth-order valence-corrected chi connectivity index (χ4v) is 3.27. The normalized spacial score (nSPS) is 12.9. The number of hydrogen-bond acceptors (Lipinski definition) is 5. The van der Waals surface area contributed by atoms with Gasteiger partial charge in [0.25, 0.3) is 0 Å². The molecule has 138 valence electrons. The van der Waals surface area contributed by atoms with Gasteiger partial charge >= 0.3 is 0 Å². The molecule has 0 saturated heterocycles. The van der Waals surface area contributed by atoms with E-state index in [2.05, 4.69) is 16.1 Å². The zero-order valence-electron chi connectivity index (χ0n) is 14.7. The molecule has 0 spiro atoms. The Morgan fingerprint density at radius 3 is 2.48 bits per heavy atom. The highest BCUT2D eigenvalue weighted by Gasteiger charge is 2.32. The molecule has 3 aromatic rings. The van der Waals surface area contributed by atoms with Gasteiger partial charge in [0.2, 0.25) is 0 Å². The summed E-state index contributed by atoms with van der Waals surface area (Å²) in [6.45, 7) is 0.0645. The Hall–Kier alpha value is -3.30. The average Bonchev–Trinajstić information content (AvgIpc) is 3.15. The second-order valence-electron chi connectivity index (χ2n) is 5.78. The number of halogens is 1. The second-order valence-corrected chi connectivity index (χ2v) is 5.78. The van der Waals surface area contributed by atoms with Gasteiger partial charge in [-0.05, 0) is 30.3 Å². The quantitative estimate of drug-likeness (QED) is 0.319. The predicted molar refractivity (Wildman–Crippen MR) is 106 cm³/mol. The van der Waals surface area contributed by atoms with Gasteiger partial charge < -0.3 is 24.4 Å². The molecule has 0 bridgehead atoms. The van der Waals surface area contributed by atoms with Crippen molar-refractivity contribution in [2.75, 3.05) is 20.8 Å². The minimum Gasteiger partial charge on any atom is -0.508 e. The predicted octanol–water partition coefficient (Wildman–Crippen LogP) is 3.70. The Bertz CT molecular complexity index is 1100. The molecule has 0 unspecified atom stereocenters. The lowest BCUT2D eigenvalue weighted by molar-refractivity contribution is 0.180. The van der Waals surface area contributed by atoms with Crippen LogP contribution in [0, 0.1) is 12.3 Å². The molecular formula is C20H17ClN2O4. The van der Waals surface area contributed by atoms with Crippen LogP contribution in [0.2, 0.25) is 0 Å². The molecule has 0 atom stereocenters. The van der Waals surface area contributed by atoms with Crippen molar-refractivity contribution in [2.24, 2.45) is 5.16 Å². The maximum Gasteiger partial charge on any atom is 0.177 e. The molecule has 0 fully saturated rings. The van der Waals surface area contributed by atoms with Crippen LogP contribution in [0.1, 0.15) is 11.1 Å². The van der Waals surface area contributed by atoms with E-state index in [4.69, 9.17) is 20.7 Å². The first-order chi connectivity index (χ1) is 12.7. The highest BCUT2D eigenvalue weighted by Crippen LogP contribution is 2.45. The number of rotatable bonds is 4. The largest absolute Gasteiger partial charge is 0.508 e. The number of ether oxygens (including phenoxy) is 2. The molecule has 1 aliphatic carbocycles. The van der Waals surface area contributed by atoms with E-state index in [0.717, 1.165) is 33.3 Å². The van der Waals surface area contributed by atoms with E-state index in [9.17, 15) is 5.11 Å². The van der Waals surface area contributed by atoms with Crippen molar-refractivity contribution in [1.29, 1.82) is 0 Å². The van der Waals surface area contributed by atoms with E-state index in [0.29, 0.717) is 17.2 Å². The molecule has 6 nitrogen and oxygen atoms in total. The summed E-state index contributed by atoms with van der Waals surface area (Å²) in [7, 11) is 3.17. The van der Waals surface area contributed by atoms with Crippen LogP contribution in [0.5, 0.6) is 17.2 Å². The Morgan fingerprint density at radius 1 is 1.11 bits per heavy atom. The third-order valence-corrected chi connectivity index (χ3v) is 4.37. The summed E-state index contributed by atoms with van der Waals surface area (Å²) in [6.07, 6.45) is 5.26. The lowest BCUT2D eigenvalue weighted by atomic mass is 10.1. The molecular weight excluding hydrogens is 368 g/mol. The van der Waals surface area contributed by atoms with Gasteiger partial charge in [0.15, 0.2) is 18.1 Å². The Morgan fingerprint density at radius 2 is 1.81 bits per heavy atom. The second kappa shape index (κ2) is 7.14. The number of nitrogens with one attached hydrogen (secondary N) is 1. The molecule has 2 aromatic carbocycles. The lowest BCUT2D eigenvalue weighted by Crippen LogP contribution is -2.01. The number of H-pyrrole nitrogens is 1. The van der Waals surface area contributed by atoms with E-state index in [1.807, 2.05) is 18.2 Å². The molecule has 7 heteroatoms. The van der Waals surface area contributed by atoms with Crippen molar-refractivity contribution in [2.45, 2.75) is 0 Å². The highest BCUT2D eigenvalue weighted by atomic mass is 35.5. The molecule has 0 amide bonds. The van der Waals surface area contributed by atoms with Gasteiger partial charge in [-0.1, -0.05) is 11.1 Å². The van der Waals surface area contributed by atoms with Crippen LogP contribution in [-0.2, 0) is 4.84 Å². The average molecular weight is 385 g/mol. The fourth-order valence-electron chi connectivity index (χ4n) is 3.27. The first-order valence-corrected chi connectivity index (χ1v) is 7.93. The van der Waals surface area contributed by atoms with Gasteiger partial charge in [-0.15, -0.1) is 18.8 Å². The van der Waals surface area contributed by atoms with Gasteiger partial charge in [-0.2, -0.15) is 0 Å². The van der Waals surface area contributed by atoms with Gasteiger partial charge in [0, 0.05) is 27.6 Å². The highest BCUT2D eigenvalue weighted by molar-refractivity contribution is 6.30. The van der Waals surface area contributed by atoms with Crippen LogP contribution in [0.15, 0.2) is 35.5 Å². The number of terminal acetylenes is 1. The summed E-state index contributed by atoms with van der Waals surface area (Å²) in [4.78, 5) is 8.65. The maximum atomic E-state index is 9.91. The number of phenols is 1. The van der Waals surface area contributed by atoms with Crippen LogP contribution in [0.3, 0.4) is 0 Å². The van der Waals surface area contributed by atoms with Crippen molar-refractivity contribution in [3.05, 3.63) is 41.5 Å². The number of nitrogens with zero attached hydrogens (tertiary/aromatic N) is 1. The Balaban J connectivity index is 0.00000210. The minimum atomic E-state index is 0. The number of aromatic amines is 1. The van der Waals surface area contributed by atoms with Crippen LogP contribution in [0.4, 0.5) is 0 Å². The zero-order valence-corrected chi connectivity index (χ0v) is 15.5. The molecule has 27 heavy (non-hydrogen) atoms. The molecule has 4 rings (SSSR count). The first-order valence-electron chi connectivity index (χ1n) is 7.93. The standard InChI is InChI=1S/C20H16N2O4.ClH/c1-4-7-26-22-20-13-10-17(25-3)16(24-2)9-12(13)19-18(20)14-8-11(23)5-6-15(14)21-19;/h1,5-6,8-10,21,23H,7H2,2-3H3;1H. The molecule has 0 radical (unpaired) electrons. The Labute approximate surface area is 162 Å². The number of phenolic OH excluding ortho intramolecular Hbond substituents is 1. The molecule has 1 heterocycles. The molecule has 0 saturated carbocycles. The topological polar surface area (TPSA) is 76.1 Å². The van der Waals surface area contributed by atoms with Gasteiger partial charge in [0.1, 0.15) is 11.5 Å². The summed E-state index contributed by atoms with van der Waals surface area (Å²) in [5, 5.41) is 15.0. The summed E-state index contributed by atoms with van der Waals surface area (Å²) < 4.78 is 10.8. The number of methoxy groups -OCH3 is 2. The van der Waals surface area contributed by atoms with Gasteiger partial charge in [0.05, 0.1) is 19.9 Å². The lowest BCUT2D eigenvalue weighted by Gasteiger charge is -2.10. The van der Waals surface area contributed by atoms with Crippen molar-refractivity contribution < 1.29 is 19.4 Å². The van der Waals surface area contributed by atoms with Crippen LogP contribution >= 0.6 is 12.4 Å². The van der Waals surface area contributed by atoms with Crippen LogP contribution in [-0.4, -0.2) is 36.6 Å². The number of benzene rings is 2. The minimum absolute atomic E-state index is 0. The van der Waals surface area contributed by atoms with E-state index in [1.165, 1.54) is 0 Å². The SMILES string of the molecule is C#CCON=C1c2cc(OC)c(OC)cc2-c2[nH]c3ccc(O)cc3c21.Cl. The van der Waals surface area contributed by atoms with E-state index in [-0.39, 0.29) is 24.8 Å². The third-order valence-electron chi connectivity index (χ3n) is 4.37. The summed E-state index contributed by atoms with van der Waals surface area (Å²) in [5.74, 6) is 3.78. The molecule has 1 aliphatic rings. The number of fused-ring (bicyclic) bond motifs is 5. The van der Waals surface area contributed by atoms with Crippen LogP contribution < -0.4 is 9.47 Å². The maximum absolute atomic E-state index is 9.91. The number of aromatic hydroxyl groups is 1. The third kappa shape index (κ3) is 2.82. The fraction of sp³-hybridized carbons (Fsp3) is 0.150. The first kappa shape index (κ1) is 18.5. The summed E-state index contributed by atoms with van der Waals surface area (Å²) >= 11 is 0. The van der Waals surface area contributed by atoms with Gasteiger partial charge in [-0.25, -0.2) is 0 Å². The molecule has 2 N–H and O–H groups in total. The molecule has 1 aromatic heterocycles. The van der Waals surface area contributed by atoms with E-state index in [1.54, 1.807) is 26.4 Å². The van der Waals surface area contributed by atoms with Crippen molar-refractivity contribution >= 4 is 29.0 Å². The zero-order chi connectivity index (χ0) is 18.3. The monoisotopic (exact) mass is 384 g/mol. The molecule has 0 aliphatic heterocycles.